The zero-order chi connectivity index (χ0) is 17.8. The van der Waals surface area contributed by atoms with Gasteiger partial charge in [0.05, 0.1) is 15.7 Å². The zero-order valence-corrected chi connectivity index (χ0v) is 15.6. The Bertz CT molecular complexity index is 457. The molecule has 0 radical (unpaired) electrons. The molecule has 0 aromatic carbocycles. The minimum Gasteiger partial charge on any atom is -0.443 e. The summed E-state index contributed by atoms with van der Waals surface area (Å²) in [5.41, 5.74) is -0.685. The van der Waals surface area contributed by atoms with Crippen molar-refractivity contribution in [2.24, 2.45) is 17.0 Å². The fourth-order valence-electron chi connectivity index (χ4n) is 2.67. The van der Waals surface area contributed by atoms with E-state index in [-0.39, 0.29) is 17.9 Å². The van der Waals surface area contributed by atoms with Gasteiger partial charge in [0, 0.05) is 19.0 Å². The molecule has 134 valence electrons. The second kappa shape index (κ2) is 7.75. The summed E-state index contributed by atoms with van der Waals surface area (Å²) in [6.07, 6.45) is 2.58. The molecule has 0 aromatic heterocycles. The normalized spacial score (nSPS) is 20.0. The molecule has 0 aliphatic carbocycles. The zero-order valence-electron chi connectivity index (χ0n) is 14.8. The number of amides is 1. The summed E-state index contributed by atoms with van der Waals surface area (Å²) in [7, 11) is -1.44. The summed E-state index contributed by atoms with van der Waals surface area (Å²) >= 11 is 0. The fraction of sp³-hybridized carbons (Fsp3) is 0.875. The van der Waals surface area contributed by atoms with Gasteiger partial charge in [-0.25, -0.2) is 9.00 Å². The number of carbonyl (C=O) groups excluding carboxylic acids is 2. The fourth-order valence-corrected chi connectivity index (χ4v) is 3.09. The average Bonchev–Trinajstić information content (AvgIpc) is 2.46. The Morgan fingerprint density at radius 1 is 1.35 bits per heavy atom. The molecule has 1 amide bonds. The third-order valence-corrected chi connectivity index (χ3v) is 6.13. The van der Waals surface area contributed by atoms with Gasteiger partial charge in [-0.15, -0.1) is 0 Å². The standard InChI is InChI=1S/C16H30N2O4S/c1-12(10-15(2,3)23(17)21)16(4,5)22-14(20)18-8-6-13(11-19)7-9-18/h11-13H,6-10,17H2,1-5H3/t12-,23?/m0/s1. The molecule has 1 aliphatic rings. The molecule has 1 heterocycles. The van der Waals surface area contributed by atoms with Gasteiger partial charge in [-0.1, -0.05) is 6.92 Å². The van der Waals surface area contributed by atoms with Crippen LogP contribution in [0.25, 0.3) is 0 Å². The molecule has 1 rings (SSSR count). The second-order valence-electron chi connectivity index (χ2n) is 7.59. The molecule has 1 fully saturated rings. The van der Waals surface area contributed by atoms with Gasteiger partial charge >= 0.3 is 6.09 Å². The van der Waals surface area contributed by atoms with E-state index in [1.807, 2.05) is 34.6 Å². The summed E-state index contributed by atoms with van der Waals surface area (Å²) in [4.78, 5) is 24.8. The van der Waals surface area contributed by atoms with Crippen LogP contribution in [0.15, 0.2) is 0 Å². The van der Waals surface area contributed by atoms with E-state index in [4.69, 9.17) is 9.88 Å². The maximum atomic E-state index is 12.3. The van der Waals surface area contributed by atoms with Crippen molar-refractivity contribution in [3.8, 4) is 0 Å². The van der Waals surface area contributed by atoms with E-state index in [2.05, 4.69) is 0 Å². The Hall–Kier alpha value is -0.950. The lowest BCUT2D eigenvalue weighted by Crippen LogP contribution is -2.46. The number of carbonyl (C=O) groups is 2. The maximum absolute atomic E-state index is 12.3. The molecule has 1 aliphatic heterocycles. The van der Waals surface area contributed by atoms with E-state index >= 15 is 0 Å². The lowest BCUT2D eigenvalue weighted by Gasteiger charge is -2.38. The predicted octanol–water partition coefficient (Wildman–Crippen LogP) is 2.24. The monoisotopic (exact) mass is 346 g/mol. The molecule has 7 heteroatoms. The van der Waals surface area contributed by atoms with Crippen molar-refractivity contribution < 1.29 is 18.5 Å². The summed E-state index contributed by atoms with van der Waals surface area (Å²) in [6, 6.07) is 0. The number of nitrogens with two attached hydrogens (primary N) is 1. The molecule has 1 unspecified atom stereocenters. The molecular formula is C16H30N2O4S. The van der Waals surface area contributed by atoms with Crippen LogP contribution in [-0.2, 0) is 20.5 Å². The lowest BCUT2D eigenvalue weighted by atomic mass is 9.85. The first kappa shape index (κ1) is 20.1. The summed E-state index contributed by atoms with van der Waals surface area (Å²) in [5, 5.41) is 5.53. The van der Waals surface area contributed by atoms with Gasteiger partial charge in [-0.3, -0.25) is 5.14 Å². The van der Waals surface area contributed by atoms with Gasteiger partial charge in [0.1, 0.15) is 11.9 Å². The van der Waals surface area contributed by atoms with Crippen LogP contribution in [0.3, 0.4) is 0 Å². The van der Waals surface area contributed by atoms with Crippen molar-refractivity contribution in [3.05, 3.63) is 0 Å². The summed E-state index contributed by atoms with van der Waals surface area (Å²) in [5.74, 6) is 0.0489. The Balaban J connectivity index is 2.61. The summed E-state index contributed by atoms with van der Waals surface area (Å²) < 4.78 is 16.8. The van der Waals surface area contributed by atoms with Gasteiger partial charge in [0.2, 0.25) is 0 Å². The van der Waals surface area contributed by atoms with Gasteiger partial charge in [-0.05, 0) is 52.9 Å². The number of hydrogen-bond donors (Lipinski definition) is 1. The van der Waals surface area contributed by atoms with Crippen molar-refractivity contribution in [2.75, 3.05) is 13.1 Å². The van der Waals surface area contributed by atoms with E-state index in [0.29, 0.717) is 32.4 Å². The topological polar surface area (TPSA) is 89.7 Å². The first-order chi connectivity index (χ1) is 10.5. The van der Waals surface area contributed by atoms with Crippen LogP contribution in [0.4, 0.5) is 4.79 Å². The van der Waals surface area contributed by atoms with Crippen LogP contribution in [0.2, 0.25) is 0 Å². The second-order valence-corrected chi connectivity index (χ2v) is 9.29. The van der Waals surface area contributed by atoms with Gasteiger partial charge in [-0.2, -0.15) is 0 Å². The molecule has 2 N–H and O–H groups in total. The van der Waals surface area contributed by atoms with Crippen LogP contribution in [-0.4, -0.2) is 44.9 Å². The molecule has 2 atom stereocenters. The summed E-state index contributed by atoms with van der Waals surface area (Å²) in [6.45, 7) is 10.5. The highest BCUT2D eigenvalue weighted by Crippen LogP contribution is 2.31. The highest BCUT2D eigenvalue weighted by Gasteiger charge is 2.37. The molecular weight excluding hydrogens is 316 g/mol. The van der Waals surface area contributed by atoms with Crippen LogP contribution < -0.4 is 5.14 Å². The number of likely N-dealkylation sites (tertiary alicyclic amines) is 1. The van der Waals surface area contributed by atoms with Crippen molar-refractivity contribution in [3.63, 3.8) is 0 Å². The minimum atomic E-state index is -1.44. The first-order valence-corrected chi connectivity index (χ1v) is 9.30. The first-order valence-electron chi connectivity index (χ1n) is 8.09. The smallest absolute Gasteiger partial charge is 0.410 e. The van der Waals surface area contributed by atoms with Crippen molar-refractivity contribution in [1.29, 1.82) is 0 Å². The number of piperidine rings is 1. The third kappa shape index (κ3) is 5.57. The number of hydrogen-bond acceptors (Lipinski definition) is 4. The Labute approximate surface area is 141 Å². The largest absolute Gasteiger partial charge is 0.443 e. The van der Waals surface area contributed by atoms with Crippen LogP contribution in [0, 0.1) is 11.8 Å². The maximum Gasteiger partial charge on any atom is 0.410 e. The molecule has 0 spiro atoms. The van der Waals surface area contributed by atoms with Gasteiger partial charge in [0.25, 0.3) is 0 Å². The third-order valence-electron chi connectivity index (χ3n) is 4.87. The van der Waals surface area contributed by atoms with Crippen molar-refractivity contribution >= 4 is 23.4 Å². The van der Waals surface area contributed by atoms with E-state index in [0.717, 1.165) is 6.29 Å². The number of nitrogens with zero attached hydrogens (tertiary/aromatic N) is 1. The molecule has 0 aromatic rings. The van der Waals surface area contributed by atoms with E-state index in [9.17, 15) is 13.8 Å². The van der Waals surface area contributed by atoms with E-state index in [1.54, 1.807) is 4.90 Å². The highest BCUT2D eigenvalue weighted by atomic mass is 32.2. The lowest BCUT2D eigenvalue weighted by molar-refractivity contribution is -0.112. The van der Waals surface area contributed by atoms with E-state index in [1.165, 1.54) is 0 Å². The SMILES string of the molecule is C[C@@H](CC(C)(C)S(N)=O)C(C)(C)OC(=O)N1CCC(C=O)CC1. The average molecular weight is 346 g/mol. The van der Waals surface area contributed by atoms with Crippen molar-refractivity contribution in [1.82, 2.24) is 4.90 Å². The quantitative estimate of drug-likeness (QED) is 0.747. The van der Waals surface area contributed by atoms with Crippen LogP contribution in [0.5, 0.6) is 0 Å². The van der Waals surface area contributed by atoms with Gasteiger partial charge in [0.15, 0.2) is 0 Å². The Morgan fingerprint density at radius 3 is 2.30 bits per heavy atom. The van der Waals surface area contributed by atoms with Crippen molar-refractivity contribution in [2.45, 2.75) is 64.2 Å². The number of ether oxygens (including phenoxy) is 1. The highest BCUT2D eigenvalue weighted by molar-refractivity contribution is 7.84. The minimum absolute atomic E-state index is 0.00136. The molecule has 0 bridgehead atoms. The Kier molecular flexibility index (Phi) is 6.77. The number of aldehydes is 1. The predicted molar refractivity (Wildman–Crippen MR) is 91.1 cm³/mol. The van der Waals surface area contributed by atoms with E-state index < -0.39 is 21.3 Å². The van der Waals surface area contributed by atoms with Crippen LogP contribution in [0.1, 0.15) is 53.9 Å². The molecule has 0 saturated carbocycles. The molecule has 23 heavy (non-hydrogen) atoms. The Morgan fingerprint density at radius 2 is 1.87 bits per heavy atom. The molecule has 1 saturated heterocycles. The number of rotatable bonds is 6. The molecule has 6 nitrogen and oxygen atoms in total. The van der Waals surface area contributed by atoms with Crippen LogP contribution >= 0.6 is 0 Å². The van der Waals surface area contributed by atoms with Gasteiger partial charge < -0.3 is 14.4 Å².